The van der Waals surface area contributed by atoms with Crippen molar-refractivity contribution >= 4 is 11.8 Å². The lowest BCUT2D eigenvalue weighted by Gasteiger charge is -2.20. The van der Waals surface area contributed by atoms with Gasteiger partial charge in [0.1, 0.15) is 5.82 Å². The lowest BCUT2D eigenvalue weighted by atomic mass is 10.3. The van der Waals surface area contributed by atoms with Gasteiger partial charge in [-0.25, -0.2) is 4.98 Å². The van der Waals surface area contributed by atoms with Crippen LogP contribution in [0.5, 0.6) is 0 Å². The van der Waals surface area contributed by atoms with Crippen LogP contribution in [0.15, 0.2) is 0 Å². The molecule has 1 saturated heterocycles. The Morgan fingerprint density at radius 1 is 1.44 bits per heavy atom. The molecule has 0 amide bonds. The van der Waals surface area contributed by atoms with E-state index in [0.29, 0.717) is 5.82 Å². The van der Waals surface area contributed by atoms with E-state index in [1.165, 1.54) is 6.92 Å². The van der Waals surface area contributed by atoms with Crippen LogP contribution >= 0.6 is 11.8 Å². The van der Waals surface area contributed by atoms with E-state index in [-0.39, 0.29) is 11.7 Å². The summed E-state index contributed by atoms with van der Waals surface area (Å²) in [5.74, 6) is 2.13. The van der Waals surface area contributed by atoms with Crippen LogP contribution in [0.3, 0.4) is 0 Å². The Morgan fingerprint density at radius 2 is 2.19 bits per heavy atom. The maximum atomic E-state index is 12.5. The quantitative estimate of drug-likeness (QED) is 0.803. The number of nitrogens with zero attached hydrogens (tertiary/aromatic N) is 1. The Kier molecular flexibility index (Phi) is 3.16. The Labute approximate surface area is 95.2 Å². The van der Waals surface area contributed by atoms with Crippen LogP contribution in [0.1, 0.15) is 23.3 Å². The molecule has 1 aromatic heterocycles. The average molecular weight is 251 g/mol. The zero-order valence-electron chi connectivity index (χ0n) is 8.69. The van der Waals surface area contributed by atoms with Crippen molar-refractivity contribution in [2.24, 2.45) is 0 Å². The van der Waals surface area contributed by atoms with E-state index in [4.69, 9.17) is 0 Å². The molecule has 1 aliphatic rings. The highest BCUT2D eigenvalue weighted by atomic mass is 32.2. The van der Waals surface area contributed by atoms with Crippen LogP contribution in [0.4, 0.5) is 13.2 Å². The van der Waals surface area contributed by atoms with Crippen LogP contribution in [-0.4, -0.2) is 28.0 Å². The summed E-state index contributed by atoms with van der Waals surface area (Å²) >= 11 is 1.72. The smallest absolute Gasteiger partial charge is 0.344 e. The summed E-state index contributed by atoms with van der Waals surface area (Å²) in [5.41, 5.74) is -0.722. The molecular formula is C9H12F3N3S. The van der Waals surface area contributed by atoms with Gasteiger partial charge in [0.25, 0.3) is 0 Å². The number of imidazole rings is 1. The predicted octanol–water partition coefficient (Wildman–Crippen LogP) is 2.11. The topological polar surface area (TPSA) is 40.7 Å². The number of aromatic nitrogens is 2. The molecule has 1 fully saturated rings. The van der Waals surface area contributed by atoms with Crippen molar-refractivity contribution < 1.29 is 13.2 Å². The van der Waals surface area contributed by atoms with Crippen molar-refractivity contribution in [3.05, 3.63) is 17.2 Å². The van der Waals surface area contributed by atoms with Gasteiger partial charge in [-0.2, -0.15) is 24.9 Å². The van der Waals surface area contributed by atoms with Crippen molar-refractivity contribution in [1.82, 2.24) is 15.3 Å². The third-order valence-electron chi connectivity index (χ3n) is 2.42. The molecule has 1 unspecified atom stereocenters. The Morgan fingerprint density at radius 3 is 2.69 bits per heavy atom. The van der Waals surface area contributed by atoms with Crippen LogP contribution in [0.25, 0.3) is 0 Å². The average Bonchev–Trinajstić information content (AvgIpc) is 2.61. The molecule has 2 N–H and O–H groups in total. The zero-order valence-corrected chi connectivity index (χ0v) is 9.50. The molecule has 0 aromatic carbocycles. The number of rotatable bonds is 1. The molecule has 0 radical (unpaired) electrons. The second kappa shape index (κ2) is 4.29. The van der Waals surface area contributed by atoms with Crippen molar-refractivity contribution in [3.8, 4) is 0 Å². The largest absolute Gasteiger partial charge is 0.435 e. The van der Waals surface area contributed by atoms with E-state index in [2.05, 4.69) is 15.3 Å². The van der Waals surface area contributed by atoms with Gasteiger partial charge in [-0.1, -0.05) is 0 Å². The molecule has 1 aliphatic heterocycles. The first kappa shape index (κ1) is 11.8. The van der Waals surface area contributed by atoms with Gasteiger partial charge in [-0.3, -0.25) is 0 Å². The molecule has 16 heavy (non-hydrogen) atoms. The van der Waals surface area contributed by atoms with Gasteiger partial charge in [-0.15, -0.1) is 0 Å². The number of alkyl halides is 3. The van der Waals surface area contributed by atoms with E-state index in [9.17, 15) is 13.2 Å². The van der Waals surface area contributed by atoms with Gasteiger partial charge in [0, 0.05) is 23.7 Å². The van der Waals surface area contributed by atoms with Gasteiger partial charge in [-0.05, 0) is 6.92 Å². The molecule has 1 aromatic rings. The van der Waals surface area contributed by atoms with Crippen LogP contribution in [0.2, 0.25) is 0 Å². The lowest BCUT2D eigenvalue weighted by Crippen LogP contribution is -2.31. The molecule has 3 nitrogen and oxygen atoms in total. The summed E-state index contributed by atoms with van der Waals surface area (Å²) in [6.45, 7) is 2.20. The highest BCUT2D eigenvalue weighted by Crippen LogP contribution is 2.31. The molecule has 90 valence electrons. The number of hydrogen-bond donors (Lipinski definition) is 2. The molecule has 7 heteroatoms. The van der Waals surface area contributed by atoms with Crippen molar-refractivity contribution in [2.75, 3.05) is 18.1 Å². The van der Waals surface area contributed by atoms with E-state index in [1.807, 2.05) is 0 Å². The summed E-state index contributed by atoms with van der Waals surface area (Å²) in [7, 11) is 0. The lowest BCUT2D eigenvalue weighted by molar-refractivity contribution is -0.141. The molecule has 2 rings (SSSR count). The van der Waals surface area contributed by atoms with Gasteiger partial charge in [0.05, 0.1) is 6.04 Å². The first-order valence-electron chi connectivity index (χ1n) is 4.93. The summed E-state index contributed by atoms with van der Waals surface area (Å²) in [4.78, 5) is 6.36. The summed E-state index contributed by atoms with van der Waals surface area (Å²) in [6.07, 6.45) is -4.37. The van der Waals surface area contributed by atoms with Crippen molar-refractivity contribution in [2.45, 2.75) is 19.1 Å². The van der Waals surface area contributed by atoms with E-state index >= 15 is 0 Å². The maximum absolute atomic E-state index is 12.5. The fourth-order valence-electron chi connectivity index (χ4n) is 1.67. The first-order valence-corrected chi connectivity index (χ1v) is 6.09. The van der Waals surface area contributed by atoms with Crippen molar-refractivity contribution in [3.63, 3.8) is 0 Å². The third kappa shape index (κ3) is 2.35. The molecule has 0 bridgehead atoms. The minimum atomic E-state index is -4.37. The van der Waals surface area contributed by atoms with Crippen LogP contribution in [0, 0.1) is 6.92 Å². The Balaban J connectivity index is 2.23. The second-order valence-electron chi connectivity index (χ2n) is 3.68. The zero-order chi connectivity index (χ0) is 11.8. The number of hydrogen-bond acceptors (Lipinski definition) is 3. The standard InChI is InChI=1S/C9H12F3N3S/c1-5-7(9(10,11)12)15-8(14-5)6-4-16-3-2-13-6/h6,13H,2-4H2,1H3,(H,14,15). The fourth-order valence-corrected chi connectivity index (χ4v) is 2.61. The maximum Gasteiger partial charge on any atom is 0.435 e. The van der Waals surface area contributed by atoms with Gasteiger partial charge >= 0.3 is 6.18 Å². The fraction of sp³-hybridized carbons (Fsp3) is 0.667. The minimum absolute atomic E-state index is 0.0832. The predicted molar refractivity (Wildman–Crippen MR) is 56.4 cm³/mol. The molecule has 1 atom stereocenters. The second-order valence-corrected chi connectivity index (χ2v) is 4.82. The van der Waals surface area contributed by atoms with E-state index < -0.39 is 11.9 Å². The first-order chi connectivity index (χ1) is 7.48. The monoisotopic (exact) mass is 251 g/mol. The number of aryl methyl sites for hydroxylation is 1. The van der Waals surface area contributed by atoms with Gasteiger partial charge in [0.15, 0.2) is 5.69 Å². The SMILES string of the molecule is Cc1[nH]c(C2CSCCN2)nc1C(F)(F)F. The van der Waals surface area contributed by atoms with Gasteiger partial charge < -0.3 is 10.3 Å². The molecule has 0 saturated carbocycles. The highest BCUT2D eigenvalue weighted by molar-refractivity contribution is 7.99. The van der Waals surface area contributed by atoms with Crippen LogP contribution < -0.4 is 5.32 Å². The minimum Gasteiger partial charge on any atom is -0.344 e. The van der Waals surface area contributed by atoms with E-state index in [1.54, 1.807) is 11.8 Å². The number of thioether (sulfide) groups is 1. The Bertz CT molecular complexity index is 369. The summed E-state index contributed by atoms with van der Waals surface area (Å²) < 4.78 is 37.6. The molecule has 2 heterocycles. The number of aromatic amines is 1. The molecular weight excluding hydrogens is 239 g/mol. The van der Waals surface area contributed by atoms with E-state index in [0.717, 1.165) is 18.1 Å². The number of halogens is 3. The third-order valence-corrected chi connectivity index (χ3v) is 3.49. The highest BCUT2D eigenvalue weighted by Gasteiger charge is 2.37. The molecule has 0 spiro atoms. The van der Waals surface area contributed by atoms with Gasteiger partial charge in [0.2, 0.25) is 0 Å². The summed E-state index contributed by atoms with van der Waals surface area (Å²) in [5, 5.41) is 3.15. The normalized spacial score (nSPS) is 22.4. The van der Waals surface area contributed by atoms with Crippen LogP contribution in [-0.2, 0) is 6.18 Å². The summed E-state index contributed by atoms with van der Waals surface area (Å²) in [6, 6.07) is -0.103. The number of nitrogens with one attached hydrogen (secondary N) is 2. The number of H-pyrrole nitrogens is 1. The molecule has 0 aliphatic carbocycles. The van der Waals surface area contributed by atoms with Crippen molar-refractivity contribution in [1.29, 1.82) is 0 Å². The Hall–Kier alpha value is -0.690.